The number of fused-ring (bicyclic) bond motifs is 1. The maximum absolute atomic E-state index is 12.9. The van der Waals surface area contributed by atoms with Crippen LogP contribution >= 0.6 is 0 Å². The molecule has 172 valence electrons. The number of para-hydroxylation sites is 1. The first-order chi connectivity index (χ1) is 16.1. The van der Waals surface area contributed by atoms with Crippen LogP contribution in [0, 0.1) is 6.92 Å². The summed E-state index contributed by atoms with van der Waals surface area (Å²) < 4.78 is 0. The predicted molar refractivity (Wildman–Crippen MR) is 132 cm³/mol. The molecule has 3 aromatic rings. The Labute approximate surface area is 194 Å². The van der Waals surface area contributed by atoms with Gasteiger partial charge in [-0.2, -0.15) is 0 Å². The van der Waals surface area contributed by atoms with Crippen LogP contribution in [0.5, 0.6) is 0 Å². The van der Waals surface area contributed by atoms with Gasteiger partial charge in [0.1, 0.15) is 5.69 Å². The van der Waals surface area contributed by atoms with Crippen molar-refractivity contribution in [1.82, 2.24) is 14.8 Å². The molecular formula is C26H31N5O2. The third-order valence-corrected chi connectivity index (χ3v) is 6.74. The molecule has 2 N–H and O–H groups in total. The van der Waals surface area contributed by atoms with Gasteiger partial charge in [0, 0.05) is 61.5 Å². The molecule has 2 saturated heterocycles. The second-order valence-electron chi connectivity index (χ2n) is 9.08. The third kappa shape index (κ3) is 4.73. The lowest BCUT2D eigenvalue weighted by Crippen LogP contribution is -2.50. The van der Waals surface area contributed by atoms with Gasteiger partial charge in [-0.25, -0.2) is 0 Å². The topological polar surface area (TPSA) is 71.7 Å². The van der Waals surface area contributed by atoms with E-state index >= 15 is 0 Å². The number of piperazine rings is 1. The van der Waals surface area contributed by atoms with Crippen molar-refractivity contribution in [2.45, 2.75) is 19.8 Å². The molecule has 0 atom stereocenters. The Morgan fingerprint density at radius 1 is 0.939 bits per heavy atom. The zero-order valence-corrected chi connectivity index (χ0v) is 19.1. The third-order valence-electron chi connectivity index (χ3n) is 6.74. The number of aromatic amines is 1. The second-order valence-corrected chi connectivity index (χ2v) is 9.08. The van der Waals surface area contributed by atoms with E-state index in [-0.39, 0.29) is 11.8 Å². The van der Waals surface area contributed by atoms with Crippen molar-refractivity contribution in [2.24, 2.45) is 0 Å². The molecule has 7 nitrogen and oxygen atoms in total. The number of anilines is 2. The van der Waals surface area contributed by atoms with Crippen LogP contribution < -0.4 is 10.2 Å². The fourth-order valence-electron chi connectivity index (χ4n) is 4.82. The first-order valence-electron chi connectivity index (χ1n) is 11.8. The van der Waals surface area contributed by atoms with Crippen LogP contribution in [0.25, 0.3) is 10.9 Å². The normalized spacial score (nSPS) is 17.0. The van der Waals surface area contributed by atoms with Crippen molar-refractivity contribution in [3.8, 4) is 0 Å². The number of rotatable bonds is 5. The summed E-state index contributed by atoms with van der Waals surface area (Å²) in [7, 11) is 0. The summed E-state index contributed by atoms with van der Waals surface area (Å²) in [5.41, 5.74) is 4.78. The van der Waals surface area contributed by atoms with Crippen molar-refractivity contribution in [3.05, 3.63) is 59.8 Å². The van der Waals surface area contributed by atoms with Crippen molar-refractivity contribution >= 4 is 34.1 Å². The van der Waals surface area contributed by atoms with Gasteiger partial charge in [-0.05, 0) is 55.7 Å². The molecule has 0 aliphatic carbocycles. The van der Waals surface area contributed by atoms with Gasteiger partial charge in [-0.15, -0.1) is 0 Å². The Morgan fingerprint density at radius 3 is 2.42 bits per heavy atom. The van der Waals surface area contributed by atoms with Crippen LogP contribution in [0.2, 0.25) is 0 Å². The minimum Gasteiger partial charge on any atom is -0.372 e. The monoisotopic (exact) mass is 445 g/mol. The van der Waals surface area contributed by atoms with E-state index < -0.39 is 0 Å². The lowest BCUT2D eigenvalue weighted by Gasteiger charge is -2.34. The van der Waals surface area contributed by atoms with E-state index in [0.29, 0.717) is 38.4 Å². The number of nitrogens with zero attached hydrogens (tertiary/aromatic N) is 3. The number of amides is 2. The lowest BCUT2D eigenvalue weighted by molar-refractivity contribution is -0.117. The number of aromatic nitrogens is 1. The predicted octanol–water partition coefficient (Wildman–Crippen LogP) is 3.47. The minimum atomic E-state index is -0.0117. The molecule has 2 fully saturated rings. The fraction of sp³-hybridized carbons (Fsp3) is 0.385. The van der Waals surface area contributed by atoms with Crippen molar-refractivity contribution in [3.63, 3.8) is 0 Å². The summed E-state index contributed by atoms with van der Waals surface area (Å²) >= 11 is 0. The maximum Gasteiger partial charge on any atom is 0.270 e. The molecular weight excluding hydrogens is 414 g/mol. The van der Waals surface area contributed by atoms with E-state index in [4.69, 9.17) is 0 Å². The van der Waals surface area contributed by atoms with Crippen LogP contribution in [0.1, 0.15) is 28.9 Å². The molecule has 0 unspecified atom stereocenters. The smallest absolute Gasteiger partial charge is 0.270 e. The Kier molecular flexibility index (Phi) is 6.05. The molecule has 7 heteroatoms. The highest BCUT2D eigenvalue weighted by atomic mass is 16.2. The molecule has 0 spiro atoms. The summed E-state index contributed by atoms with van der Waals surface area (Å²) in [6.07, 6.45) is 2.50. The largest absolute Gasteiger partial charge is 0.372 e. The highest BCUT2D eigenvalue weighted by Crippen LogP contribution is 2.25. The zero-order chi connectivity index (χ0) is 22.8. The summed E-state index contributed by atoms with van der Waals surface area (Å²) in [5, 5.41) is 4.11. The molecule has 0 saturated carbocycles. The summed E-state index contributed by atoms with van der Waals surface area (Å²) in [6, 6.07) is 16.1. The highest BCUT2D eigenvalue weighted by Gasteiger charge is 2.24. The number of H-pyrrole nitrogens is 1. The molecule has 33 heavy (non-hydrogen) atoms. The number of aryl methyl sites for hydroxylation is 1. The number of hydrogen-bond donors (Lipinski definition) is 2. The molecule has 0 bridgehead atoms. The van der Waals surface area contributed by atoms with E-state index in [1.807, 2.05) is 48.2 Å². The number of carbonyl (C=O) groups is 2. The molecule has 1 aromatic heterocycles. The van der Waals surface area contributed by atoms with Crippen molar-refractivity contribution in [1.29, 1.82) is 0 Å². The van der Waals surface area contributed by atoms with Gasteiger partial charge in [-0.1, -0.05) is 18.2 Å². The van der Waals surface area contributed by atoms with E-state index in [9.17, 15) is 9.59 Å². The molecule has 2 aromatic carbocycles. The Morgan fingerprint density at radius 2 is 1.70 bits per heavy atom. The van der Waals surface area contributed by atoms with Crippen LogP contribution in [0.3, 0.4) is 0 Å². The molecule has 2 aliphatic rings. The highest BCUT2D eigenvalue weighted by molar-refractivity contribution is 5.98. The van der Waals surface area contributed by atoms with Crippen LogP contribution in [-0.4, -0.2) is 72.4 Å². The number of carbonyl (C=O) groups excluding carboxylic acids is 2. The Hall–Kier alpha value is -3.32. The average Bonchev–Trinajstić information content (AvgIpc) is 3.51. The second kappa shape index (κ2) is 9.27. The van der Waals surface area contributed by atoms with Gasteiger partial charge in [0.15, 0.2) is 0 Å². The maximum atomic E-state index is 12.9. The van der Waals surface area contributed by atoms with E-state index in [1.165, 1.54) is 18.5 Å². The Bertz CT molecular complexity index is 1120. The standard InChI is InChI=1S/C26H31N5O2/c1-19-16-21(30-10-4-5-11-30)8-9-22(19)28-25(32)18-29-12-14-31(15-13-29)26(33)24-17-20-6-2-3-7-23(20)27-24/h2-3,6-9,16-17,27H,4-5,10-15,18H2,1H3,(H,28,32). The van der Waals surface area contributed by atoms with Crippen molar-refractivity contribution in [2.75, 3.05) is 56.0 Å². The zero-order valence-electron chi connectivity index (χ0n) is 19.1. The molecule has 0 radical (unpaired) electrons. The van der Waals surface area contributed by atoms with Gasteiger partial charge >= 0.3 is 0 Å². The van der Waals surface area contributed by atoms with Crippen LogP contribution in [0.4, 0.5) is 11.4 Å². The molecule has 2 amide bonds. The number of benzene rings is 2. The fourth-order valence-corrected chi connectivity index (χ4v) is 4.82. The quantitative estimate of drug-likeness (QED) is 0.631. The Balaban J connectivity index is 1.12. The van der Waals surface area contributed by atoms with Crippen LogP contribution in [-0.2, 0) is 4.79 Å². The first kappa shape index (κ1) is 21.5. The van der Waals surface area contributed by atoms with Gasteiger partial charge < -0.3 is 20.1 Å². The molecule has 3 heterocycles. The molecule has 5 rings (SSSR count). The van der Waals surface area contributed by atoms with Gasteiger partial charge in [0.2, 0.25) is 5.91 Å². The summed E-state index contributed by atoms with van der Waals surface area (Å²) in [4.78, 5) is 35.1. The van der Waals surface area contributed by atoms with Crippen molar-refractivity contribution < 1.29 is 9.59 Å². The minimum absolute atomic E-state index is 0.0117. The summed E-state index contributed by atoms with van der Waals surface area (Å²) in [6.45, 7) is 7.21. The SMILES string of the molecule is Cc1cc(N2CCCC2)ccc1NC(=O)CN1CCN(C(=O)c2cc3ccccc3[nH]2)CC1. The van der Waals surface area contributed by atoms with E-state index in [0.717, 1.165) is 35.2 Å². The summed E-state index contributed by atoms with van der Waals surface area (Å²) in [5.74, 6) is 0.00596. The van der Waals surface area contributed by atoms with E-state index in [2.05, 4.69) is 32.2 Å². The van der Waals surface area contributed by atoms with Gasteiger partial charge in [0.05, 0.1) is 6.54 Å². The van der Waals surface area contributed by atoms with E-state index in [1.54, 1.807) is 0 Å². The van der Waals surface area contributed by atoms with Gasteiger partial charge in [-0.3, -0.25) is 14.5 Å². The number of nitrogens with one attached hydrogen (secondary N) is 2. The molecule has 2 aliphatic heterocycles. The first-order valence-corrected chi connectivity index (χ1v) is 11.8. The van der Waals surface area contributed by atoms with Crippen LogP contribution in [0.15, 0.2) is 48.5 Å². The number of hydrogen-bond acceptors (Lipinski definition) is 4. The lowest BCUT2D eigenvalue weighted by atomic mass is 10.1. The average molecular weight is 446 g/mol. The van der Waals surface area contributed by atoms with Gasteiger partial charge in [0.25, 0.3) is 5.91 Å².